The largest absolute Gasteiger partial charge is 0.444 e. The summed E-state index contributed by atoms with van der Waals surface area (Å²) in [6.45, 7) is 13.3. The van der Waals surface area contributed by atoms with E-state index in [9.17, 15) is 4.79 Å². The number of carbonyl (C=O) groups excluding carboxylic acids is 1. The van der Waals surface area contributed by atoms with E-state index < -0.39 is 17.6 Å². The zero-order valence-corrected chi connectivity index (χ0v) is 16.9. The third kappa shape index (κ3) is 7.13. The van der Waals surface area contributed by atoms with Crippen LogP contribution in [0.3, 0.4) is 0 Å². The highest BCUT2D eigenvalue weighted by molar-refractivity contribution is 6.06. The number of ether oxygens (including phenoxy) is 1. The zero-order valence-electron chi connectivity index (χ0n) is 16.9. The molecule has 0 bridgehead atoms. The van der Waals surface area contributed by atoms with Crippen molar-refractivity contribution in [1.82, 2.24) is 5.32 Å². The number of aryl methyl sites for hydroxylation is 1. The number of hydrogen-bond acceptors (Lipinski definition) is 4. The van der Waals surface area contributed by atoms with Crippen molar-refractivity contribution >= 4 is 17.5 Å². The van der Waals surface area contributed by atoms with Gasteiger partial charge in [-0.3, -0.25) is 0 Å². The summed E-state index contributed by atoms with van der Waals surface area (Å²) in [6.07, 6.45) is 6.83. The van der Waals surface area contributed by atoms with Crippen molar-refractivity contribution in [3.05, 3.63) is 65.8 Å². The zero-order chi connectivity index (χ0) is 20.6. The van der Waals surface area contributed by atoms with Crippen molar-refractivity contribution in [1.29, 1.82) is 5.41 Å². The van der Waals surface area contributed by atoms with Crippen molar-refractivity contribution < 1.29 is 9.53 Å². The number of nitrogen functional groups attached to an aromatic ring is 1. The number of allylic oxidation sites excluding steroid dienone is 4. The van der Waals surface area contributed by atoms with Crippen molar-refractivity contribution in [3.8, 4) is 0 Å². The Labute approximate surface area is 162 Å². The fraction of sp³-hybridized carbons (Fsp3) is 0.364. The minimum atomic E-state index is -0.587. The van der Waals surface area contributed by atoms with Crippen LogP contribution in [-0.2, 0) is 4.74 Å². The van der Waals surface area contributed by atoms with Crippen LogP contribution in [0, 0.1) is 18.3 Å². The van der Waals surface area contributed by atoms with Gasteiger partial charge in [0.25, 0.3) is 0 Å². The molecule has 1 atom stereocenters. The third-order valence-electron chi connectivity index (χ3n) is 3.81. The molecule has 1 aromatic carbocycles. The second-order valence-corrected chi connectivity index (χ2v) is 7.34. The summed E-state index contributed by atoms with van der Waals surface area (Å²) < 4.78 is 5.30. The Morgan fingerprint density at radius 1 is 1.41 bits per heavy atom. The summed E-state index contributed by atoms with van der Waals surface area (Å²) in [5.41, 5.74) is 8.89. The quantitative estimate of drug-likeness (QED) is 0.367. The van der Waals surface area contributed by atoms with Gasteiger partial charge in [-0.2, -0.15) is 0 Å². The van der Waals surface area contributed by atoms with Gasteiger partial charge in [0.2, 0.25) is 0 Å². The van der Waals surface area contributed by atoms with Crippen molar-refractivity contribution in [2.75, 3.05) is 12.3 Å². The van der Waals surface area contributed by atoms with E-state index in [1.54, 1.807) is 26.8 Å². The van der Waals surface area contributed by atoms with Gasteiger partial charge in [-0.05, 0) is 51.8 Å². The maximum absolute atomic E-state index is 12.1. The Morgan fingerprint density at radius 3 is 2.59 bits per heavy atom. The molecule has 5 heteroatoms. The summed E-state index contributed by atoms with van der Waals surface area (Å²) >= 11 is 0. The van der Waals surface area contributed by atoms with Crippen LogP contribution in [0.2, 0.25) is 0 Å². The van der Waals surface area contributed by atoms with E-state index in [-0.39, 0.29) is 6.54 Å². The molecule has 0 aliphatic rings. The first-order chi connectivity index (χ1) is 12.6. The molecule has 0 aliphatic heterocycles. The molecule has 4 N–H and O–H groups in total. The SMILES string of the molecule is C=C/C(=C\C=C/C)C(CNC(=O)OC(C)(C)C)C(=N)c1ccc(C)cc1N. The van der Waals surface area contributed by atoms with E-state index in [1.165, 1.54) is 0 Å². The summed E-state index contributed by atoms with van der Waals surface area (Å²) in [7, 11) is 0. The number of amides is 1. The predicted molar refractivity (Wildman–Crippen MR) is 113 cm³/mol. The topological polar surface area (TPSA) is 88.2 Å². The first kappa shape index (κ1) is 22.2. The second-order valence-electron chi connectivity index (χ2n) is 7.34. The van der Waals surface area contributed by atoms with E-state index in [4.69, 9.17) is 15.9 Å². The second kappa shape index (κ2) is 9.76. The molecular formula is C22H31N3O2. The van der Waals surface area contributed by atoms with Crippen molar-refractivity contribution in [3.63, 3.8) is 0 Å². The monoisotopic (exact) mass is 369 g/mol. The Bertz CT molecular complexity index is 755. The fourth-order valence-electron chi connectivity index (χ4n) is 2.54. The lowest BCUT2D eigenvalue weighted by atomic mass is 9.88. The summed E-state index contributed by atoms with van der Waals surface area (Å²) in [5, 5.41) is 11.5. The van der Waals surface area contributed by atoms with Crippen LogP contribution in [0.5, 0.6) is 0 Å². The van der Waals surface area contributed by atoms with Crippen LogP contribution >= 0.6 is 0 Å². The maximum atomic E-state index is 12.1. The van der Waals surface area contributed by atoms with Gasteiger partial charge in [-0.1, -0.05) is 43.0 Å². The molecular weight excluding hydrogens is 338 g/mol. The fourth-order valence-corrected chi connectivity index (χ4v) is 2.54. The van der Waals surface area contributed by atoms with Gasteiger partial charge >= 0.3 is 6.09 Å². The van der Waals surface area contributed by atoms with Gasteiger partial charge in [0, 0.05) is 29.4 Å². The van der Waals surface area contributed by atoms with Crippen molar-refractivity contribution in [2.24, 2.45) is 5.92 Å². The molecule has 0 aromatic heterocycles. The molecule has 0 saturated carbocycles. The number of anilines is 1. The summed E-state index contributed by atoms with van der Waals surface area (Å²) in [4.78, 5) is 12.1. The normalized spacial score (nSPS) is 13.3. The lowest BCUT2D eigenvalue weighted by Crippen LogP contribution is -2.37. The third-order valence-corrected chi connectivity index (χ3v) is 3.81. The van der Waals surface area contributed by atoms with Gasteiger partial charge in [-0.15, -0.1) is 0 Å². The predicted octanol–water partition coefficient (Wildman–Crippen LogP) is 4.77. The first-order valence-electron chi connectivity index (χ1n) is 8.96. The summed E-state index contributed by atoms with van der Waals surface area (Å²) in [5.74, 6) is -0.406. The molecule has 146 valence electrons. The molecule has 0 aliphatic carbocycles. The van der Waals surface area contributed by atoms with Crippen LogP contribution < -0.4 is 11.1 Å². The van der Waals surface area contributed by atoms with E-state index in [1.807, 2.05) is 50.3 Å². The highest BCUT2D eigenvalue weighted by Gasteiger charge is 2.23. The van der Waals surface area contributed by atoms with Gasteiger partial charge in [0.15, 0.2) is 0 Å². The molecule has 1 rings (SSSR count). The molecule has 0 heterocycles. The average Bonchev–Trinajstić information content (AvgIpc) is 2.55. The standard InChI is InChI=1S/C22H31N3O2/c1-7-9-10-16(8-2)18(14-25-21(26)27-22(4,5)6)20(24)17-12-11-15(3)13-19(17)23/h7-13,18,24H,2,14,23H2,1,3-6H3,(H,25,26)/b9-7-,16-10+,24-20?. The summed E-state index contributed by atoms with van der Waals surface area (Å²) in [6, 6.07) is 5.59. The Kier molecular flexibility index (Phi) is 8.03. The molecule has 1 aromatic rings. The number of nitrogens with one attached hydrogen (secondary N) is 2. The van der Waals surface area contributed by atoms with E-state index in [0.717, 1.165) is 11.1 Å². The minimum Gasteiger partial charge on any atom is -0.444 e. The van der Waals surface area contributed by atoms with Gasteiger partial charge in [-0.25, -0.2) is 4.79 Å². The molecule has 27 heavy (non-hydrogen) atoms. The van der Waals surface area contributed by atoms with Crippen molar-refractivity contribution in [2.45, 2.75) is 40.2 Å². The van der Waals surface area contributed by atoms with E-state index in [2.05, 4.69) is 11.9 Å². The van der Waals surface area contributed by atoms with Gasteiger partial charge in [0.05, 0.1) is 0 Å². The lowest BCUT2D eigenvalue weighted by Gasteiger charge is -2.24. The van der Waals surface area contributed by atoms with Crippen LogP contribution in [0.4, 0.5) is 10.5 Å². The number of nitrogens with two attached hydrogens (primary N) is 1. The molecule has 1 amide bonds. The van der Waals surface area contributed by atoms with Crippen LogP contribution in [0.1, 0.15) is 38.8 Å². The smallest absolute Gasteiger partial charge is 0.407 e. The van der Waals surface area contributed by atoms with E-state index in [0.29, 0.717) is 17.0 Å². The van der Waals surface area contributed by atoms with Gasteiger partial charge < -0.3 is 21.2 Å². The molecule has 0 fully saturated rings. The number of benzene rings is 1. The number of alkyl carbamates (subject to hydrolysis) is 1. The number of hydrogen-bond donors (Lipinski definition) is 3. The molecule has 0 spiro atoms. The van der Waals surface area contributed by atoms with Crippen LogP contribution in [0.15, 0.2) is 54.7 Å². The lowest BCUT2D eigenvalue weighted by molar-refractivity contribution is 0.0525. The minimum absolute atomic E-state index is 0.205. The average molecular weight is 370 g/mol. The number of rotatable bonds is 7. The Balaban J connectivity index is 3.15. The van der Waals surface area contributed by atoms with Crippen LogP contribution in [-0.4, -0.2) is 24.0 Å². The maximum Gasteiger partial charge on any atom is 0.407 e. The highest BCUT2D eigenvalue weighted by Crippen LogP contribution is 2.23. The molecule has 1 unspecified atom stereocenters. The van der Waals surface area contributed by atoms with E-state index >= 15 is 0 Å². The van der Waals surface area contributed by atoms with Crippen LogP contribution in [0.25, 0.3) is 0 Å². The molecule has 5 nitrogen and oxygen atoms in total. The van der Waals surface area contributed by atoms with Gasteiger partial charge in [0.1, 0.15) is 5.60 Å². The molecule has 0 saturated heterocycles. The Morgan fingerprint density at radius 2 is 2.07 bits per heavy atom. The first-order valence-corrected chi connectivity index (χ1v) is 8.96. The number of carbonyl (C=O) groups is 1. The Hall–Kier alpha value is -2.82. The highest BCUT2D eigenvalue weighted by atomic mass is 16.6. The molecule has 0 radical (unpaired) electrons.